The molecule has 1 fully saturated rings. The van der Waals surface area contributed by atoms with Crippen LogP contribution in [0.15, 0.2) is 48.5 Å². The van der Waals surface area contributed by atoms with Crippen molar-refractivity contribution in [2.24, 2.45) is 0 Å². The summed E-state index contributed by atoms with van der Waals surface area (Å²) in [6, 6.07) is 13.2. The monoisotopic (exact) mass is 461 g/mol. The molecule has 1 aliphatic rings. The molecule has 8 heteroatoms. The van der Waals surface area contributed by atoms with E-state index in [0.29, 0.717) is 21.7 Å². The van der Waals surface area contributed by atoms with E-state index in [4.69, 9.17) is 11.6 Å². The second-order valence-corrected chi connectivity index (χ2v) is 8.69. The minimum Gasteiger partial charge on any atom is -0.382 e. The molecule has 0 unspecified atom stereocenters. The lowest BCUT2D eigenvalue weighted by Gasteiger charge is -2.30. The lowest BCUT2D eigenvalue weighted by Crippen LogP contribution is -2.40. The number of aromatic nitrogens is 1. The quantitative estimate of drug-likeness (QED) is 0.474. The van der Waals surface area contributed by atoms with Gasteiger partial charge in [-0.05, 0) is 69.0 Å². The van der Waals surface area contributed by atoms with E-state index in [9.17, 15) is 18.0 Å². The van der Waals surface area contributed by atoms with Gasteiger partial charge < -0.3 is 10.6 Å². The predicted octanol–water partition coefficient (Wildman–Crippen LogP) is 6.37. The molecule has 2 N–H and O–H groups in total. The second kappa shape index (κ2) is 8.98. The zero-order valence-corrected chi connectivity index (χ0v) is 18.2. The molecule has 2 aromatic carbocycles. The molecule has 1 amide bonds. The van der Waals surface area contributed by atoms with Crippen LogP contribution < -0.4 is 10.6 Å². The molecule has 1 heterocycles. The highest BCUT2D eigenvalue weighted by atomic mass is 35.5. The molecular formula is C24H23ClF3N3O. The lowest BCUT2D eigenvalue weighted by atomic mass is 9.90. The maximum atomic E-state index is 13.3. The summed E-state index contributed by atoms with van der Waals surface area (Å²) < 4.78 is 40.0. The number of carbonyl (C=O) groups is 1. The van der Waals surface area contributed by atoms with Gasteiger partial charge in [-0.2, -0.15) is 13.2 Å². The van der Waals surface area contributed by atoms with E-state index in [1.165, 1.54) is 12.1 Å². The number of amides is 1. The summed E-state index contributed by atoms with van der Waals surface area (Å²) in [6.45, 7) is 1.94. The van der Waals surface area contributed by atoms with E-state index in [2.05, 4.69) is 15.6 Å². The first-order valence-corrected chi connectivity index (χ1v) is 10.9. The van der Waals surface area contributed by atoms with Gasteiger partial charge in [0.05, 0.1) is 5.52 Å². The van der Waals surface area contributed by atoms with Crippen LogP contribution in [-0.2, 0) is 6.18 Å². The van der Waals surface area contributed by atoms with Gasteiger partial charge in [-0.1, -0.05) is 29.3 Å². The van der Waals surface area contributed by atoms with Crippen LogP contribution in [0.5, 0.6) is 0 Å². The summed E-state index contributed by atoms with van der Waals surface area (Å²) in [6.07, 6.45) is -1.60. The van der Waals surface area contributed by atoms with Crippen molar-refractivity contribution in [3.63, 3.8) is 0 Å². The number of alkyl halides is 3. The summed E-state index contributed by atoms with van der Waals surface area (Å²) >= 11 is 6.07. The highest BCUT2D eigenvalue weighted by Gasteiger charge is 2.34. The third-order valence-corrected chi connectivity index (χ3v) is 6.00. The van der Waals surface area contributed by atoms with Crippen LogP contribution in [0, 0.1) is 6.92 Å². The Kier molecular flexibility index (Phi) is 6.29. The van der Waals surface area contributed by atoms with Crippen LogP contribution in [0.1, 0.15) is 47.3 Å². The highest BCUT2D eigenvalue weighted by molar-refractivity contribution is 6.31. The average molecular weight is 462 g/mol. The van der Waals surface area contributed by atoms with Gasteiger partial charge in [-0.15, -0.1) is 0 Å². The van der Waals surface area contributed by atoms with Gasteiger partial charge in [0.1, 0.15) is 5.69 Å². The molecule has 0 saturated heterocycles. The molecule has 4 rings (SSSR count). The maximum absolute atomic E-state index is 13.3. The van der Waals surface area contributed by atoms with E-state index in [1.54, 1.807) is 12.1 Å². The summed E-state index contributed by atoms with van der Waals surface area (Å²) in [5.74, 6) is -0.102. The van der Waals surface area contributed by atoms with Gasteiger partial charge in [-0.25, -0.2) is 4.98 Å². The fraction of sp³-hybridized carbons (Fsp3) is 0.333. The summed E-state index contributed by atoms with van der Waals surface area (Å²) in [5.41, 5.74) is 1.33. The molecule has 1 aliphatic carbocycles. The molecule has 1 saturated carbocycles. The van der Waals surface area contributed by atoms with Gasteiger partial charge in [0.15, 0.2) is 0 Å². The van der Waals surface area contributed by atoms with Gasteiger partial charge in [0.2, 0.25) is 0 Å². The Bertz CT molecular complexity index is 1140. The number of hydrogen-bond donors (Lipinski definition) is 2. The number of fused-ring (bicyclic) bond motifs is 1. The zero-order valence-electron chi connectivity index (χ0n) is 17.5. The molecule has 0 atom stereocenters. The van der Waals surface area contributed by atoms with Crippen molar-refractivity contribution in [3.05, 3.63) is 70.4 Å². The van der Waals surface area contributed by atoms with Gasteiger partial charge in [0, 0.05) is 33.7 Å². The van der Waals surface area contributed by atoms with Crippen molar-refractivity contribution in [2.45, 2.75) is 50.9 Å². The van der Waals surface area contributed by atoms with Crippen LogP contribution in [0.4, 0.5) is 18.9 Å². The Morgan fingerprint density at radius 2 is 1.75 bits per heavy atom. The smallest absolute Gasteiger partial charge is 0.382 e. The summed E-state index contributed by atoms with van der Waals surface area (Å²) in [4.78, 5) is 16.2. The van der Waals surface area contributed by atoms with Crippen molar-refractivity contribution in [2.75, 3.05) is 5.32 Å². The average Bonchev–Trinajstić information content (AvgIpc) is 2.74. The van der Waals surface area contributed by atoms with Crippen molar-refractivity contribution in [1.82, 2.24) is 10.3 Å². The Balaban J connectivity index is 1.45. The fourth-order valence-corrected chi connectivity index (χ4v) is 4.29. The fourth-order valence-electron chi connectivity index (χ4n) is 4.12. The molecule has 0 aliphatic heterocycles. The molecule has 0 radical (unpaired) electrons. The first-order chi connectivity index (χ1) is 15.2. The number of hydrogen-bond acceptors (Lipinski definition) is 3. The second-order valence-electron chi connectivity index (χ2n) is 8.25. The molecule has 0 bridgehead atoms. The molecule has 4 nitrogen and oxygen atoms in total. The van der Waals surface area contributed by atoms with E-state index in [0.717, 1.165) is 37.3 Å². The standard InChI is InChI=1S/C24H23ClF3N3O/c1-14-3-2-4-15(11-14)23(32)30-18-8-6-17(7-9-18)29-21-13-22(24(26,27)28)31-20-10-5-16(25)12-19(20)21/h2-5,10-13,17-18H,6-9H2,1H3,(H,29,31)(H,30,32). The minimum absolute atomic E-state index is 0.00668. The Labute approximate surface area is 189 Å². The van der Waals surface area contributed by atoms with Crippen LogP contribution >= 0.6 is 11.6 Å². The van der Waals surface area contributed by atoms with Crippen molar-refractivity contribution in [1.29, 1.82) is 0 Å². The normalized spacial score (nSPS) is 19.0. The van der Waals surface area contributed by atoms with E-state index < -0.39 is 11.9 Å². The molecule has 0 spiro atoms. The topological polar surface area (TPSA) is 54.0 Å². The number of aryl methyl sites for hydroxylation is 1. The number of nitrogens with zero attached hydrogens (tertiary/aromatic N) is 1. The van der Waals surface area contributed by atoms with Crippen molar-refractivity contribution < 1.29 is 18.0 Å². The summed E-state index contributed by atoms with van der Waals surface area (Å²) in [7, 11) is 0. The maximum Gasteiger partial charge on any atom is 0.433 e. The molecule has 32 heavy (non-hydrogen) atoms. The molecular weight excluding hydrogens is 439 g/mol. The van der Waals surface area contributed by atoms with Crippen LogP contribution in [0.3, 0.4) is 0 Å². The SMILES string of the molecule is Cc1cccc(C(=O)NC2CCC(Nc3cc(C(F)(F)F)nc4ccc(Cl)cc34)CC2)c1. The van der Waals surface area contributed by atoms with Crippen molar-refractivity contribution >= 4 is 34.1 Å². The Morgan fingerprint density at radius 3 is 2.44 bits per heavy atom. The van der Waals surface area contributed by atoms with E-state index in [-0.39, 0.29) is 23.5 Å². The first kappa shape index (κ1) is 22.4. The minimum atomic E-state index is -4.54. The largest absolute Gasteiger partial charge is 0.433 e. The predicted molar refractivity (Wildman–Crippen MR) is 120 cm³/mol. The summed E-state index contributed by atoms with van der Waals surface area (Å²) in [5, 5.41) is 7.33. The third-order valence-electron chi connectivity index (χ3n) is 5.76. The number of carbonyl (C=O) groups excluding carboxylic acids is 1. The molecule has 168 valence electrons. The molecule has 1 aromatic heterocycles. The number of halogens is 4. The Hall–Kier alpha value is -2.80. The van der Waals surface area contributed by atoms with E-state index >= 15 is 0 Å². The van der Waals surface area contributed by atoms with Crippen LogP contribution in [-0.4, -0.2) is 23.0 Å². The van der Waals surface area contributed by atoms with Gasteiger partial charge in [0.25, 0.3) is 5.91 Å². The number of pyridine rings is 1. The lowest BCUT2D eigenvalue weighted by molar-refractivity contribution is -0.140. The number of benzene rings is 2. The third kappa shape index (κ3) is 5.15. The number of rotatable bonds is 4. The van der Waals surface area contributed by atoms with E-state index in [1.807, 2.05) is 25.1 Å². The Morgan fingerprint density at radius 1 is 1.03 bits per heavy atom. The van der Waals surface area contributed by atoms with Gasteiger partial charge >= 0.3 is 6.18 Å². The first-order valence-electron chi connectivity index (χ1n) is 10.5. The molecule has 3 aromatic rings. The zero-order chi connectivity index (χ0) is 22.9. The number of anilines is 1. The van der Waals surface area contributed by atoms with Crippen LogP contribution in [0.2, 0.25) is 5.02 Å². The highest BCUT2D eigenvalue weighted by Crippen LogP contribution is 2.35. The van der Waals surface area contributed by atoms with Gasteiger partial charge in [-0.3, -0.25) is 4.79 Å². The van der Waals surface area contributed by atoms with Crippen LogP contribution in [0.25, 0.3) is 10.9 Å². The number of nitrogens with one attached hydrogen (secondary N) is 2. The van der Waals surface area contributed by atoms with Crippen molar-refractivity contribution in [3.8, 4) is 0 Å².